The van der Waals surface area contributed by atoms with Crippen LogP contribution in [0.1, 0.15) is 24.0 Å². The molecule has 4 nitrogen and oxygen atoms in total. The van der Waals surface area contributed by atoms with Crippen LogP contribution in [0.15, 0.2) is 59.4 Å². The fourth-order valence-corrected chi connectivity index (χ4v) is 2.17. The van der Waals surface area contributed by atoms with Crippen molar-refractivity contribution in [2.75, 3.05) is 0 Å². The van der Waals surface area contributed by atoms with Crippen molar-refractivity contribution in [2.45, 2.75) is 12.8 Å². The summed E-state index contributed by atoms with van der Waals surface area (Å²) in [6.07, 6.45) is 6.17. The van der Waals surface area contributed by atoms with Gasteiger partial charge in [-0.05, 0) is 12.1 Å². The highest BCUT2D eigenvalue weighted by molar-refractivity contribution is 5.33. The molecule has 0 atom stereocenters. The summed E-state index contributed by atoms with van der Waals surface area (Å²) in [6, 6.07) is 7.00. The molecule has 0 fully saturated rings. The number of aromatic nitrogens is 2. The molecular weight excluding hydrogens is 252 g/mol. The van der Waals surface area contributed by atoms with Gasteiger partial charge in [-0.3, -0.25) is 18.7 Å². The van der Waals surface area contributed by atoms with E-state index in [-0.39, 0.29) is 17.0 Å². The molecule has 2 aromatic heterocycles. The van der Waals surface area contributed by atoms with Gasteiger partial charge in [-0.2, -0.15) is 0 Å². The largest absolute Gasteiger partial charge is 0.291 e. The Morgan fingerprint density at radius 1 is 0.950 bits per heavy atom. The van der Waals surface area contributed by atoms with Gasteiger partial charge in [-0.1, -0.05) is 32.2 Å². The zero-order valence-electron chi connectivity index (χ0n) is 11.3. The third-order valence-corrected chi connectivity index (χ3v) is 3.33. The van der Waals surface area contributed by atoms with Gasteiger partial charge in [0.15, 0.2) is 0 Å². The average molecular weight is 268 g/mol. The van der Waals surface area contributed by atoms with Gasteiger partial charge < -0.3 is 0 Å². The molecular formula is C16H16N2O2. The molecule has 2 rings (SSSR count). The van der Waals surface area contributed by atoms with E-state index in [0.29, 0.717) is 11.1 Å². The number of nitrogens with zero attached hydrogens (tertiary/aromatic N) is 2. The lowest BCUT2D eigenvalue weighted by Gasteiger charge is -2.13. The van der Waals surface area contributed by atoms with Crippen LogP contribution in [-0.4, -0.2) is 9.13 Å². The molecule has 0 spiro atoms. The SMILES string of the molecule is C=Cn1cccc(C(C)c2cccn(C=C)c2=O)c1=O. The van der Waals surface area contributed by atoms with Crippen molar-refractivity contribution in [3.8, 4) is 0 Å². The van der Waals surface area contributed by atoms with E-state index >= 15 is 0 Å². The maximum absolute atomic E-state index is 12.2. The fourth-order valence-electron chi connectivity index (χ4n) is 2.17. The number of rotatable bonds is 4. The van der Waals surface area contributed by atoms with Crippen LogP contribution >= 0.6 is 0 Å². The molecule has 102 valence electrons. The van der Waals surface area contributed by atoms with Crippen LogP contribution in [0.3, 0.4) is 0 Å². The molecule has 4 heteroatoms. The third-order valence-electron chi connectivity index (χ3n) is 3.33. The molecule has 0 amide bonds. The Kier molecular flexibility index (Phi) is 3.84. The Hall–Kier alpha value is -2.62. The smallest absolute Gasteiger partial charge is 0.258 e. The van der Waals surface area contributed by atoms with Crippen molar-refractivity contribution in [3.63, 3.8) is 0 Å². The molecule has 0 saturated carbocycles. The quantitative estimate of drug-likeness (QED) is 0.854. The monoisotopic (exact) mass is 268 g/mol. The molecule has 0 aliphatic carbocycles. The highest BCUT2D eigenvalue weighted by Gasteiger charge is 2.16. The molecule has 0 bridgehead atoms. The van der Waals surface area contributed by atoms with Crippen molar-refractivity contribution in [3.05, 3.63) is 81.7 Å². The van der Waals surface area contributed by atoms with E-state index in [1.54, 1.807) is 36.7 Å². The summed E-state index contributed by atoms with van der Waals surface area (Å²) in [7, 11) is 0. The summed E-state index contributed by atoms with van der Waals surface area (Å²) in [4.78, 5) is 24.5. The maximum atomic E-state index is 12.2. The van der Waals surface area contributed by atoms with Crippen LogP contribution in [0.4, 0.5) is 0 Å². The first kappa shape index (κ1) is 13.8. The predicted molar refractivity (Wildman–Crippen MR) is 81.7 cm³/mol. The van der Waals surface area contributed by atoms with Gasteiger partial charge in [0.1, 0.15) is 0 Å². The number of pyridine rings is 2. The van der Waals surface area contributed by atoms with Crippen LogP contribution in [0, 0.1) is 0 Å². The highest BCUT2D eigenvalue weighted by atomic mass is 16.1. The van der Waals surface area contributed by atoms with Crippen molar-refractivity contribution in [1.82, 2.24) is 9.13 Å². The number of hydrogen-bond acceptors (Lipinski definition) is 2. The van der Waals surface area contributed by atoms with Crippen molar-refractivity contribution >= 4 is 12.4 Å². The van der Waals surface area contributed by atoms with E-state index in [4.69, 9.17) is 0 Å². The van der Waals surface area contributed by atoms with Gasteiger partial charge in [0.2, 0.25) is 0 Å². The molecule has 2 heterocycles. The zero-order valence-corrected chi connectivity index (χ0v) is 11.3. The lowest BCUT2D eigenvalue weighted by molar-refractivity contribution is 0.841. The lowest BCUT2D eigenvalue weighted by atomic mass is 9.95. The van der Waals surface area contributed by atoms with E-state index in [0.717, 1.165) is 0 Å². The van der Waals surface area contributed by atoms with E-state index in [2.05, 4.69) is 13.2 Å². The van der Waals surface area contributed by atoms with Gasteiger partial charge in [0.05, 0.1) is 0 Å². The molecule has 0 aromatic carbocycles. The second-order valence-corrected chi connectivity index (χ2v) is 4.44. The molecule has 0 aliphatic rings. The Balaban J connectivity index is 2.61. The van der Waals surface area contributed by atoms with E-state index in [1.165, 1.54) is 21.5 Å². The molecule has 0 aliphatic heterocycles. The Morgan fingerprint density at radius 3 is 1.70 bits per heavy atom. The molecule has 0 unspecified atom stereocenters. The van der Waals surface area contributed by atoms with E-state index < -0.39 is 0 Å². The second kappa shape index (κ2) is 5.57. The molecule has 20 heavy (non-hydrogen) atoms. The molecule has 0 radical (unpaired) electrons. The molecule has 0 saturated heterocycles. The third kappa shape index (κ3) is 2.28. The van der Waals surface area contributed by atoms with Crippen molar-refractivity contribution < 1.29 is 0 Å². The molecule has 2 aromatic rings. The standard InChI is InChI=1S/C16H16N2O2/c1-4-17-10-6-8-13(15(17)19)12(3)14-9-7-11-18(5-2)16(14)20/h4-12H,1-2H2,3H3. The average Bonchev–Trinajstić information content (AvgIpc) is 2.47. The summed E-state index contributed by atoms with van der Waals surface area (Å²) in [6.45, 7) is 9.03. The Morgan fingerprint density at radius 2 is 1.35 bits per heavy atom. The first-order chi connectivity index (χ1) is 9.60. The second-order valence-electron chi connectivity index (χ2n) is 4.44. The topological polar surface area (TPSA) is 44.0 Å². The van der Waals surface area contributed by atoms with Crippen molar-refractivity contribution in [1.29, 1.82) is 0 Å². The van der Waals surface area contributed by atoms with E-state index in [1.807, 2.05) is 6.92 Å². The minimum absolute atomic E-state index is 0.164. The van der Waals surface area contributed by atoms with Crippen LogP contribution in [0.5, 0.6) is 0 Å². The minimum Gasteiger partial charge on any atom is -0.291 e. The lowest BCUT2D eigenvalue weighted by Crippen LogP contribution is -2.26. The van der Waals surface area contributed by atoms with Crippen molar-refractivity contribution in [2.24, 2.45) is 0 Å². The number of hydrogen-bond donors (Lipinski definition) is 0. The zero-order chi connectivity index (χ0) is 14.7. The summed E-state index contributed by atoms with van der Waals surface area (Å²) < 4.78 is 2.81. The summed E-state index contributed by atoms with van der Waals surface area (Å²) in [5, 5.41) is 0. The normalized spacial score (nSPS) is 10.5. The minimum atomic E-state index is -0.296. The summed E-state index contributed by atoms with van der Waals surface area (Å²) >= 11 is 0. The van der Waals surface area contributed by atoms with Crippen LogP contribution in [0.2, 0.25) is 0 Å². The van der Waals surface area contributed by atoms with Gasteiger partial charge in [-0.15, -0.1) is 0 Å². The predicted octanol–water partition coefficient (Wildman–Crippen LogP) is 2.36. The van der Waals surface area contributed by atoms with E-state index in [9.17, 15) is 9.59 Å². The first-order valence-corrected chi connectivity index (χ1v) is 6.27. The van der Waals surface area contributed by atoms with Gasteiger partial charge >= 0.3 is 0 Å². The van der Waals surface area contributed by atoms with Crippen LogP contribution in [-0.2, 0) is 0 Å². The molecule has 0 N–H and O–H groups in total. The summed E-state index contributed by atoms with van der Waals surface area (Å²) in [5.41, 5.74) is 0.796. The Labute approximate surface area is 116 Å². The van der Waals surface area contributed by atoms with Gasteiger partial charge in [-0.25, -0.2) is 0 Å². The Bertz CT molecular complexity index is 703. The maximum Gasteiger partial charge on any atom is 0.258 e. The van der Waals surface area contributed by atoms with Crippen LogP contribution < -0.4 is 11.1 Å². The summed E-state index contributed by atoms with van der Waals surface area (Å²) in [5.74, 6) is -0.296. The van der Waals surface area contributed by atoms with Gasteiger partial charge in [0.25, 0.3) is 11.1 Å². The van der Waals surface area contributed by atoms with Gasteiger partial charge in [0, 0.05) is 41.8 Å². The first-order valence-electron chi connectivity index (χ1n) is 6.27. The fraction of sp³-hybridized carbons (Fsp3) is 0.125. The highest BCUT2D eigenvalue weighted by Crippen LogP contribution is 2.18. The van der Waals surface area contributed by atoms with Crippen LogP contribution in [0.25, 0.3) is 12.4 Å².